The average molecular weight is 414 g/mol. The van der Waals surface area contributed by atoms with Gasteiger partial charge in [0.1, 0.15) is 0 Å². The monoisotopic (exact) mass is 414 g/mol. The van der Waals surface area contributed by atoms with E-state index >= 15 is 0 Å². The maximum absolute atomic E-state index is 12.7. The maximum atomic E-state index is 12.7. The molecular formula is C20H22N4O4S. The molecule has 8 nitrogen and oxygen atoms in total. The third-order valence-electron chi connectivity index (χ3n) is 5.22. The molecule has 2 aromatic carbocycles. The molecule has 0 bridgehead atoms. The zero-order valence-corrected chi connectivity index (χ0v) is 16.8. The van der Waals surface area contributed by atoms with E-state index in [1.165, 1.54) is 12.1 Å². The molecule has 1 saturated heterocycles. The van der Waals surface area contributed by atoms with Crippen molar-refractivity contribution in [3.8, 4) is 0 Å². The smallest absolute Gasteiger partial charge is 0.261 e. The second-order valence-electron chi connectivity index (χ2n) is 7.19. The highest BCUT2D eigenvalue weighted by molar-refractivity contribution is 7.92. The molecule has 2 aliphatic rings. The molecule has 2 amide bonds. The molecule has 29 heavy (non-hydrogen) atoms. The predicted octanol–water partition coefficient (Wildman–Crippen LogP) is 1.65. The summed E-state index contributed by atoms with van der Waals surface area (Å²) in [5.41, 5.74) is 2.78. The first kappa shape index (κ1) is 19.3. The molecule has 2 heterocycles. The molecule has 2 aliphatic heterocycles. The Balaban J connectivity index is 1.44. The molecular weight excluding hydrogens is 392 g/mol. The summed E-state index contributed by atoms with van der Waals surface area (Å²) in [6.07, 6.45) is 0.185. The van der Waals surface area contributed by atoms with Crippen molar-refractivity contribution in [2.75, 3.05) is 41.1 Å². The van der Waals surface area contributed by atoms with Crippen molar-refractivity contribution in [2.45, 2.75) is 18.2 Å². The summed E-state index contributed by atoms with van der Waals surface area (Å²) in [6.45, 7) is 4.42. The highest BCUT2D eigenvalue weighted by Crippen LogP contribution is 2.27. The van der Waals surface area contributed by atoms with Gasteiger partial charge in [0.2, 0.25) is 11.8 Å². The number of nitrogens with zero attached hydrogens (tertiary/aromatic N) is 2. The molecule has 0 aliphatic carbocycles. The third kappa shape index (κ3) is 4.04. The standard InChI is InChI=1S/C20H22N4O4S/c1-14(25)23-8-10-24(11-9-23)17-4-2-16(3-5-17)22-29(27,28)18-6-7-19-15(12-18)13-20(26)21-19/h2-7,12,22H,8-11,13H2,1H3,(H,21,26). The quantitative estimate of drug-likeness (QED) is 0.793. The Bertz CT molecular complexity index is 1060. The van der Waals surface area contributed by atoms with E-state index in [4.69, 9.17) is 0 Å². The molecule has 0 atom stereocenters. The molecule has 152 valence electrons. The van der Waals surface area contributed by atoms with Gasteiger partial charge < -0.3 is 15.1 Å². The number of rotatable bonds is 4. The summed E-state index contributed by atoms with van der Waals surface area (Å²) in [5, 5.41) is 2.69. The predicted molar refractivity (Wildman–Crippen MR) is 110 cm³/mol. The van der Waals surface area contributed by atoms with Crippen molar-refractivity contribution >= 4 is 38.9 Å². The number of anilines is 3. The molecule has 0 radical (unpaired) electrons. The number of carbonyl (C=O) groups is 2. The van der Waals surface area contributed by atoms with Crippen molar-refractivity contribution in [3.63, 3.8) is 0 Å². The molecule has 4 rings (SSSR count). The van der Waals surface area contributed by atoms with Crippen LogP contribution in [0.4, 0.5) is 17.1 Å². The highest BCUT2D eigenvalue weighted by Gasteiger charge is 2.22. The number of carbonyl (C=O) groups excluding carboxylic acids is 2. The summed E-state index contributed by atoms with van der Waals surface area (Å²) in [5.74, 6) is -0.0525. The van der Waals surface area contributed by atoms with E-state index in [0.717, 1.165) is 18.8 Å². The van der Waals surface area contributed by atoms with Crippen molar-refractivity contribution < 1.29 is 18.0 Å². The number of piperazine rings is 1. The van der Waals surface area contributed by atoms with Gasteiger partial charge in [-0.15, -0.1) is 0 Å². The highest BCUT2D eigenvalue weighted by atomic mass is 32.2. The summed E-state index contributed by atoms with van der Waals surface area (Å²) in [6, 6.07) is 11.8. The fourth-order valence-corrected chi connectivity index (χ4v) is 4.72. The van der Waals surface area contributed by atoms with E-state index in [1.807, 2.05) is 17.0 Å². The Labute approximate surface area is 169 Å². The summed E-state index contributed by atoms with van der Waals surface area (Å²) >= 11 is 0. The molecule has 1 fully saturated rings. The number of fused-ring (bicyclic) bond motifs is 1. The second kappa shape index (κ2) is 7.40. The van der Waals surface area contributed by atoms with E-state index < -0.39 is 10.0 Å². The topological polar surface area (TPSA) is 98.8 Å². The lowest BCUT2D eigenvalue weighted by atomic mass is 10.2. The summed E-state index contributed by atoms with van der Waals surface area (Å²) in [4.78, 5) is 27.0. The SMILES string of the molecule is CC(=O)N1CCN(c2ccc(NS(=O)(=O)c3ccc4c(c3)CC(=O)N4)cc2)CC1. The van der Waals surface area contributed by atoms with Crippen LogP contribution in [0.5, 0.6) is 0 Å². The van der Waals surface area contributed by atoms with Crippen LogP contribution in [0.15, 0.2) is 47.4 Å². The fourth-order valence-electron chi connectivity index (χ4n) is 3.61. The third-order valence-corrected chi connectivity index (χ3v) is 6.60. The Hall–Kier alpha value is -3.07. The zero-order chi connectivity index (χ0) is 20.6. The van der Waals surface area contributed by atoms with E-state index in [9.17, 15) is 18.0 Å². The molecule has 9 heteroatoms. The molecule has 2 aromatic rings. The summed E-state index contributed by atoms with van der Waals surface area (Å²) in [7, 11) is -3.75. The van der Waals surface area contributed by atoms with Gasteiger partial charge in [-0.05, 0) is 48.0 Å². The summed E-state index contributed by atoms with van der Waals surface area (Å²) < 4.78 is 28.0. The van der Waals surface area contributed by atoms with Crippen LogP contribution in [0.3, 0.4) is 0 Å². The average Bonchev–Trinajstić information content (AvgIpc) is 3.07. The molecule has 0 aromatic heterocycles. The Morgan fingerprint density at radius 1 is 1.03 bits per heavy atom. The van der Waals surface area contributed by atoms with Crippen LogP contribution in [0.1, 0.15) is 12.5 Å². The van der Waals surface area contributed by atoms with Gasteiger partial charge in [0.25, 0.3) is 10.0 Å². The minimum absolute atomic E-state index is 0.0844. The van der Waals surface area contributed by atoms with Crippen molar-refractivity contribution in [3.05, 3.63) is 48.0 Å². The van der Waals surface area contributed by atoms with E-state index in [1.54, 1.807) is 25.1 Å². The van der Waals surface area contributed by atoms with Crippen LogP contribution in [0, 0.1) is 0 Å². The first-order valence-corrected chi connectivity index (χ1v) is 10.9. The Morgan fingerprint density at radius 3 is 2.38 bits per heavy atom. The van der Waals surface area contributed by atoms with Crippen LogP contribution >= 0.6 is 0 Å². The van der Waals surface area contributed by atoms with Crippen LogP contribution in [0.25, 0.3) is 0 Å². The fraction of sp³-hybridized carbons (Fsp3) is 0.300. The van der Waals surface area contributed by atoms with Crippen molar-refractivity contribution in [2.24, 2.45) is 0 Å². The van der Waals surface area contributed by atoms with Crippen LogP contribution in [-0.2, 0) is 26.0 Å². The number of sulfonamides is 1. The van der Waals surface area contributed by atoms with Gasteiger partial charge in [0.15, 0.2) is 0 Å². The van der Waals surface area contributed by atoms with E-state index in [0.29, 0.717) is 30.0 Å². The number of amides is 2. The Morgan fingerprint density at radius 2 is 1.72 bits per heavy atom. The van der Waals surface area contributed by atoms with Crippen molar-refractivity contribution in [1.82, 2.24) is 4.90 Å². The molecule has 0 unspecified atom stereocenters. The van der Waals surface area contributed by atoms with Gasteiger partial charge in [-0.1, -0.05) is 0 Å². The Kier molecular flexibility index (Phi) is 4.91. The van der Waals surface area contributed by atoms with Gasteiger partial charge in [0, 0.05) is 50.2 Å². The second-order valence-corrected chi connectivity index (χ2v) is 8.87. The van der Waals surface area contributed by atoms with Crippen LogP contribution < -0.4 is 14.9 Å². The lowest BCUT2D eigenvalue weighted by Crippen LogP contribution is -2.48. The van der Waals surface area contributed by atoms with Gasteiger partial charge in [-0.2, -0.15) is 0 Å². The van der Waals surface area contributed by atoms with Gasteiger partial charge in [-0.3, -0.25) is 14.3 Å². The van der Waals surface area contributed by atoms with Gasteiger partial charge >= 0.3 is 0 Å². The largest absolute Gasteiger partial charge is 0.368 e. The number of nitrogens with one attached hydrogen (secondary N) is 2. The van der Waals surface area contributed by atoms with Crippen LogP contribution in [0.2, 0.25) is 0 Å². The first-order chi connectivity index (χ1) is 13.8. The first-order valence-electron chi connectivity index (χ1n) is 9.38. The maximum Gasteiger partial charge on any atom is 0.261 e. The van der Waals surface area contributed by atoms with Gasteiger partial charge in [0.05, 0.1) is 11.3 Å². The normalized spacial score (nSPS) is 16.4. The minimum Gasteiger partial charge on any atom is -0.368 e. The molecule has 0 saturated carbocycles. The minimum atomic E-state index is -3.75. The van der Waals surface area contributed by atoms with Gasteiger partial charge in [-0.25, -0.2) is 8.42 Å². The van der Waals surface area contributed by atoms with E-state index in [-0.39, 0.29) is 23.1 Å². The molecule has 0 spiro atoms. The van der Waals surface area contributed by atoms with Crippen LogP contribution in [-0.4, -0.2) is 51.3 Å². The number of hydrogen-bond acceptors (Lipinski definition) is 5. The van der Waals surface area contributed by atoms with E-state index in [2.05, 4.69) is 14.9 Å². The number of benzene rings is 2. The lowest BCUT2D eigenvalue weighted by molar-refractivity contribution is -0.129. The lowest BCUT2D eigenvalue weighted by Gasteiger charge is -2.35. The van der Waals surface area contributed by atoms with Crippen molar-refractivity contribution in [1.29, 1.82) is 0 Å². The zero-order valence-electron chi connectivity index (χ0n) is 16.0. The molecule has 2 N–H and O–H groups in total. The number of hydrogen-bond donors (Lipinski definition) is 2.